The Balaban J connectivity index is 1.82. The third-order valence-corrected chi connectivity index (χ3v) is 5.91. The minimum absolute atomic E-state index is 0.0125. The van der Waals surface area contributed by atoms with Gasteiger partial charge in [-0.3, -0.25) is 9.52 Å². The van der Waals surface area contributed by atoms with E-state index in [0.29, 0.717) is 12.1 Å². The molecule has 1 aliphatic heterocycles. The van der Waals surface area contributed by atoms with Crippen molar-refractivity contribution in [3.05, 3.63) is 59.7 Å². The highest BCUT2D eigenvalue weighted by molar-refractivity contribution is 7.92. The van der Waals surface area contributed by atoms with E-state index in [-0.39, 0.29) is 17.7 Å². The summed E-state index contributed by atoms with van der Waals surface area (Å²) in [6.45, 7) is 3.07. The number of amides is 1. The lowest BCUT2D eigenvalue weighted by atomic mass is 9.98. The number of sulfonamides is 1. The largest absolute Gasteiger partial charge is 0.497 e. The van der Waals surface area contributed by atoms with Crippen molar-refractivity contribution in [2.45, 2.75) is 26.3 Å². The van der Waals surface area contributed by atoms with E-state index in [1.807, 2.05) is 24.3 Å². The first-order chi connectivity index (χ1) is 13.3. The van der Waals surface area contributed by atoms with Gasteiger partial charge in [0.15, 0.2) is 0 Å². The van der Waals surface area contributed by atoms with Gasteiger partial charge in [0.1, 0.15) is 5.75 Å². The number of rotatable bonds is 6. The van der Waals surface area contributed by atoms with E-state index in [1.54, 1.807) is 38.3 Å². The standard InChI is InChI=1S/C20H23N3O4S/c1-4-28(25,26)22-17-9-5-15(6-10-17)19-13-20(23(21-19)14(2)24)16-7-11-18(27-3)12-8-16/h5-12,20,22H,4,13H2,1-3H3. The van der Waals surface area contributed by atoms with Crippen LogP contribution in [-0.4, -0.2) is 37.9 Å². The summed E-state index contributed by atoms with van der Waals surface area (Å²) in [5.74, 6) is 0.629. The zero-order chi connectivity index (χ0) is 20.3. The van der Waals surface area contributed by atoms with Crippen molar-refractivity contribution in [3.8, 4) is 5.75 Å². The van der Waals surface area contributed by atoms with Gasteiger partial charge in [-0.25, -0.2) is 13.4 Å². The summed E-state index contributed by atoms with van der Waals surface area (Å²) in [5, 5.41) is 6.00. The van der Waals surface area contributed by atoms with Gasteiger partial charge >= 0.3 is 0 Å². The van der Waals surface area contributed by atoms with Gasteiger partial charge < -0.3 is 4.74 Å². The van der Waals surface area contributed by atoms with Gasteiger partial charge in [0.25, 0.3) is 0 Å². The number of hydrogen-bond acceptors (Lipinski definition) is 5. The van der Waals surface area contributed by atoms with Crippen molar-refractivity contribution < 1.29 is 17.9 Å². The number of anilines is 1. The molecule has 148 valence electrons. The fraction of sp³-hybridized carbons (Fsp3) is 0.300. The number of methoxy groups -OCH3 is 1. The summed E-state index contributed by atoms with van der Waals surface area (Å²) in [6, 6.07) is 14.4. The van der Waals surface area contributed by atoms with Crippen molar-refractivity contribution in [2.24, 2.45) is 5.10 Å². The van der Waals surface area contributed by atoms with Crippen LogP contribution < -0.4 is 9.46 Å². The zero-order valence-electron chi connectivity index (χ0n) is 16.0. The van der Waals surface area contributed by atoms with Crippen molar-refractivity contribution in [3.63, 3.8) is 0 Å². The van der Waals surface area contributed by atoms with Gasteiger partial charge in [-0.05, 0) is 42.3 Å². The molecule has 0 saturated carbocycles. The Morgan fingerprint density at radius 2 is 1.82 bits per heavy atom. The van der Waals surface area contributed by atoms with Crippen LogP contribution in [0.1, 0.15) is 37.4 Å². The molecule has 28 heavy (non-hydrogen) atoms. The Bertz CT molecular complexity index is 983. The summed E-state index contributed by atoms with van der Waals surface area (Å²) in [5.41, 5.74) is 3.10. The normalized spacial score (nSPS) is 16.6. The first-order valence-electron chi connectivity index (χ1n) is 8.95. The van der Waals surface area contributed by atoms with Crippen LogP contribution in [0.2, 0.25) is 0 Å². The van der Waals surface area contributed by atoms with Crippen LogP contribution in [0.4, 0.5) is 5.69 Å². The van der Waals surface area contributed by atoms with E-state index in [2.05, 4.69) is 9.82 Å². The summed E-state index contributed by atoms with van der Waals surface area (Å²) in [7, 11) is -1.71. The first kappa shape index (κ1) is 19.9. The lowest BCUT2D eigenvalue weighted by Crippen LogP contribution is -2.24. The number of nitrogens with zero attached hydrogens (tertiary/aromatic N) is 2. The third kappa shape index (κ3) is 4.33. The van der Waals surface area contributed by atoms with E-state index in [9.17, 15) is 13.2 Å². The Kier molecular flexibility index (Phi) is 5.69. The van der Waals surface area contributed by atoms with Crippen LogP contribution in [0, 0.1) is 0 Å². The van der Waals surface area contributed by atoms with Gasteiger partial charge in [-0.2, -0.15) is 5.10 Å². The molecule has 0 bridgehead atoms. The molecular weight excluding hydrogens is 378 g/mol. The van der Waals surface area contributed by atoms with Crippen LogP contribution in [-0.2, 0) is 14.8 Å². The fourth-order valence-corrected chi connectivity index (χ4v) is 3.68. The molecule has 1 unspecified atom stereocenters. The highest BCUT2D eigenvalue weighted by atomic mass is 32.2. The van der Waals surface area contributed by atoms with E-state index < -0.39 is 10.0 Å². The molecule has 1 aliphatic rings. The first-order valence-corrected chi connectivity index (χ1v) is 10.6. The minimum atomic E-state index is -3.32. The molecular formula is C20H23N3O4S. The van der Waals surface area contributed by atoms with Crippen molar-refractivity contribution >= 4 is 27.3 Å². The van der Waals surface area contributed by atoms with E-state index in [0.717, 1.165) is 22.6 Å². The second-order valence-corrected chi connectivity index (χ2v) is 8.50. The molecule has 3 rings (SSSR count). The maximum Gasteiger partial charge on any atom is 0.240 e. The topological polar surface area (TPSA) is 88.1 Å². The van der Waals surface area contributed by atoms with Gasteiger partial charge in [0.05, 0.1) is 24.6 Å². The Labute approximate surface area is 165 Å². The number of carbonyl (C=O) groups excluding carboxylic acids is 1. The Morgan fingerprint density at radius 3 is 2.36 bits per heavy atom. The van der Waals surface area contributed by atoms with Gasteiger partial charge in [0, 0.05) is 19.0 Å². The number of ether oxygens (including phenoxy) is 1. The highest BCUT2D eigenvalue weighted by Crippen LogP contribution is 2.33. The molecule has 1 amide bonds. The molecule has 8 heteroatoms. The summed E-state index contributed by atoms with van der Waals surface area (Å²) >= 11 is 0. The molecule has 0 saturated heterocycles. The Morgan fingerprint density at radius 1 is 1.18 bits per heavy atom. The number of nitrogens with one attached hydrogen (secondary N) is 1. The molecule has 1 heterocycles. The van der Waals surface area contributed by atoms with Gasteiger partial charge in [0.2, 0.25) is 15.9 Å². The maximum absolute atomic E-state index is 12.1. The number of carbonyl (C=O) groups is 1. The van der Waals surface area contributed by atoms with E-state index in [4.69, 9.17) is 4.74 Å². The Hall–Kier alpha value is -2.87. The number of benzene rings is 2. The number of hydrazone groups is 1. The van der Waals surface area contributed by atoms with Crippen molar-refractivity contribution in [2.75, 3.05) is 17.6 Å². The van der Waals surface area contributed by atoms with Crippen LogP contribution >= 0.6 is 0 Å². The van der Waals surface area contributed by atoms with Crippen LogP contribution in [0.3, 0.4) is 0 Å². The molecule has 0 spiro atoms. The fourth-order valence-electron chi connectivity index (χ4n) is 3.04. The molecule has 2 aromatic rings. The van der Waals surface area contributed by atoms with E-state index in [1.165, 1.54) is 11.9 Å². The van der Waals surface area contributed by atoms with Crippen molar-refractivity contribution in [1.29, 1.82) is 0 Å². The average molecular weight is 401 g/mol. The van der Waals surface area contributed by atoms with Crippen LogP contribution in [0.15, 0.2) is 53.6 Å². The molecule has 0 fully saturated rings. The smallest absolute Gasteiger partial charge is 0.240 e. The SMILES string of the molecule is CCS(=O)(=O)Nc1ccc(C2=NN(C(C)=O)C(c3ccc(OC)cc3)C2)cc1. The molecule has 0 aliphatic carbocycles. The monoisotopic (exact) mass is 401 g/mol. The van der Waals surface area contributed by atoms with Crippen LogP contribution in [0.5, 0.6) is 5.75 Å². The molecule has 1 atom stereocenters. The third-order valence-electron chi connectivity index (χ3n) is 4.61. The minimum Gasteiger partial charge on any atom is -0.497 e. The lowest BCUT2D eigenvalue weighted by molar-refractivity contribution is -0.130. The molecule has 2 aromatic carbocycles. The zero-order valence-corrected chi connectivity index (χ0v) is 16.9. The molecule has 7 nitrogen and oxygen atoms in total. The summed E-state index contributed by atoms with van der Waals surface area (Å²) < 4.78 is 31.1. The quantitative estimate of drug-likeness (QED) is 0.805. The average Bonchev–Trinajstić information content (AvgIpc) is 3.14. The van der Waals surface area contributed by atoms with Crippen LogP contribution in [0.25, 0.3) is 0 Å². The maximum atomic E-state index is 12.1. The van der Waals surface area contributed by atoms with Crippen molar-refractivity contribution in [1.82, 2.24) is 5.01 Å². The molecule has 1 N–H and O–H groups in total. The number of hydrogen-bond donors (Lipinski definition) is 1. The molecule has 0 radical (unpaired) electrons. The predicted molar refractivity (Wildman–Crippen MR) is 109 cm³/mol. The molecule has 0 aromatic heterocycles. The van der Waals surface area contributed by atoms with E-state index >= 15 is 0 Å². The second-order valence-electron chi connectivity index (χ2n) is 6.49. The summed E-state index contributed by atoms with van der Waals surface area (Å²) in [4.78, 5) is 12.1. The van der Waals surface area contributed by atoms with Gasteiger partial charge in [-0.15, -0.1) is 0 Å². The predicted octanol–water partition coefficient (Wildman–Crippen LogP) is 3.15. The lowest BCUT2D eigenvalue weighted by Gasteiger charge is -2.20. The summed E-state index contributed by atoms with van der Waals surface area (Å²) in [6.07, 6.45) is 0.575. The second kappa shape index (κ2) is 8.02. The highest BCUT2D eigenvalue weighted by Gasteiger charge is 2.31. The van der Waals surface area contributed by atoms with Gasteiger partial charge in [-0.1, -0.05) is 24.3 Å².